The number of aryl methyl sites for hydroxylation is 2. The maximum atomic E-state index is 12.1. The summed E-state index contributed by atoms with van der Waals surface area (Å²) < 4.78 is 2.24. The van der Waals surface area contributed by atoms with Crippen molar-refractivity contribution in [2.24, 2.45) is 7.05 Å². The SMILES string of the molecule is CCc1cccc2c3c(n(C)c12)CCCC3=O. The van der Waals surface area contributed by atoms with Crippen LogP contribution in [0, 0.1) is 0 Å². The topological polar surface area (TPSA) is 22.0 Å². The number of hydrogen-bond donors (Lipinski definition) is 0. The van der Waals surface area contributed by atoms with Crippen molar-refractivity contribution in [3.8, 4) is 0 Å². The molecule has 0 saturated carbocycles. The van der Waals surface area contributed by atoms with Gasteiger partial charge in [0.05, 0.1) is 5.52 Å². The van der Waals surface area contributed by atoms with Gasteiger partial charge < -0.3 is 4.57 Å². The van der Waals surface area contributed by atoms with Crippen LogP contribution in [0.5, 0.6) is 0 Å². The van der Waals surface area contributed by atoms with E-state index in [0.29, 0.717) is 12.2 Å². The van der Waals surface area contributed by atoms with Crippen LogP contribution in [0.3, 0.4) is 0 Å². The highest BCUT2D eigenvalue weighted by Gasteiger charge is 2.24. The number of nitrogens with zero attached hydrogens (tertiary/aromatic N) is 1. The third kappa shape index (κ3) is 1.36. The van der Waals surface area contributed by atoms with Gasteiger partial charge in [-0.2, -0.15) is 0 Å². The van der Waals surface area contributed by atoms with Gasteiger partial charge >= 0.3 is 0 Å². The largest absolute Gasteiger partial charge is 0.347 e. The van der Waals surface area contributed by atoms with E-state index in [-0.39, 0.29) is 0 Å². The van der Waals surface area contributed by atoms with Gasteiger partial charge in [-0.1, -0.05) is 25.1 Å². The summed E-state index contributed by atoms with van der Waals surface area (Å²) in [7, 11) is 2.10. The first-order chi connectivity index (χ1) is 8.24. The van der Waals surface area contributed by atoms with Crippen molar-refractivity contribution in [2.45, 2.75) is 32.6 Å². The molecule has 1 aliphatic carbocycles. The molecule has 0 unspecified atom stereocenters. The van der Waals surface area contributed by atoms with Crippen molar-refractivity contribution in [3.05, 3.63) is 35.0 Å². The molecule has 0 fully saturated rings. The molecule has 1 aliphatic rings. The summed E-state index contributed by atoms with van der Waals surface area (Å²) in [6.45, 7) is 2.17. The van der Waals surface area contributed by atoms with E-state index in [1.807, 2.05) is 0 Å². The molecule has 0 spiro atoms. The smallest absolute Gasteiger partial charge is 0.165 e. The van der Waals surface area contributed by atoms with Crippen LogP contribution in [0.1, 0.15) is 41.4 Å². The van der Waals surface area contributed by atoms with Gasteiger partial charge in [-0.15, -0.1) is 0 Å². The van der Waals surface area contributed by atoms with Crippen LogP contribution in [0.15, 0.2) is 18.2 Å². The average Bonchev–Trinajstić information content (AvgIpc) is 2.65. The molecular formula is C15H17NO. The van der Waals surface area contributed by atoms with Crippen LogP contribution in [0.2, 0.25) is 0 Å². The Morgan fingerprint density at radius 1 is 1.29 bits per heavy atom. The lowest BCUT2D eigenvalue weighted by Gasteiger charge is -2.12. The quantitative estimate of drug-likeness (QED) is 0.733. The zero-order chi connectivity index (χ0) is 12.0. The van der Waals surface area contributed by atoms with E-state index in [9.17, 15) is 4.79 Å². The van der Waals surface area contributed by atoms with E-state index in [4.69, 9.17) is 0 Å². The lowest BCUT2D eigenvalue weighted by atomic mass is 9.94. The summed E-state index contributed by atoms with van der Waals surface area (Å²) in [4.78, 5) is 12.1. The van der Waals surface area contributed by atoms with E-state index in [1.165, 1.54) is 16.8 Å². The number of carbonyl (C=O) groups is 1. The molecule has 2 aromatic rings. The van der Waals surface area contributed by atoms with Crippen LogP contribution in [0.25, 0.3) is 10.9 Å². The fourth-order valence-electron chi connectivity index (χ4n) is 3.08. The zero-order valence-corrected chi connectivity index (χ0v) is 10.4. The minimum Gasteiger partial charge on any atom is -0.347 e. The number of fused-ring (bicyclic) bond motifs is 3. The molecule has 17 heavy (non-hydrogen) atoms. The second-order valence-electron chi connectivity index (χ2n) is 4.82. The molecule has 0 aliphatic heterocycles. The van der Waals surface area contributed by atoms with Gasteiger partial charge in [0.15, 0.2) is 5.78 Å². The maximum absolute atomic E-state index is 12.1. The Balaban J connectivity index is 2.44. The lowest BCUT2D eigenvalue weighted by molar-refractivity contribution is 0.0973. The van der Waals surface area contributed by atoms with Gasteiger partial charge in [-0.05, 0) is 24.8 Å². The number of aromatic nitrogens is 1. The van der Waals surface area contributed by atoms with Gasteiger partial charge in [0.2, 0.25) is 0 Å². The number of rotatable bonds is 1. The third-order valence-electron chi connectivity index (χ3n) is 3.89. The molecule has 88 valence electrons. The van der Waals surface area contributed by atoms with E-state index in [1.54, 1.807) is 0 Å². The second-order valence-corrected chi connectivity index (χ2v) is 4.82. The highest BCUT2D eigenvalue weighted by Crippen LogP contribution is 2.33. The molecule has 1 aromatic carbocycles. The van der Waals surface area contributed by atoms with Crippen molar-refractivity contribution >= 4 is 16.7 Å². The summed E-state index contributed by atoms with van der Waals surface area (Å²) in [5.41, 5.74) is 4.82. The van der Waals surface area contributed by atoms with Crippen molar-refractivity contribution in [2.75, 3.05) is 0 Å². The number of para-hydroxylation sites is 1. The number of hydrogen-bond acceptors (Lipinski definition) is 1. The molecule has 2 heteroatoms. The van der Waals surface area contributed by atoms with E-state index in [0.717, 1.165) is 30.2 Å². The molecule has 0 saturated heterocycles. The Hall–Kier alpha value is -1.57. The Morgan fingerprint density at radius 3 is 2.88 bits per heavy atom. The molecule has 0 N–H and O–H groups in total. The summed E-state index contributed by atoms with van der Waals surface area (Å²) in [5, 5.41) is 1.16. The predicted octanol–water partition coefficient (Wildman–Crippen LogP) is 3.26. The molecule has 0 atom stereocenters. The standard InChI is InChI=1S/C15H17NO/c1-3-10-6-4-7-11-14-12(16(2)15(10)11)8-5-9-13(14)17/h4,6-7H,3,5,8-9H2,1-2H3. The first-order valence-electron chi connectivity index (χ1n) is 6.36. The fraction of sp³-hybridized carbons (Fsp3) is 0.400. The Kier molecular flexibility index (Phi) is 2.32. The van der Waals surface area contributed by atoms with Crippen LogP contribution in [-0.4, -0.2) is 10.4 Å². The molecule has 3 rings (SSSR count). The van der Waals surface area contributed by atoms with Gasteiger partial charge in [0, 0.05) is 30.1 Å². The summed E-state index contributed by atoms with van der Waals surface area (Å²) in [6, 6.07) is 6.33. The normalized spacial score (nSPS) is 15.3. The highest BCUT2D eigenvalue weighted by molar-refractivity contribution is 6.10. The maximum Gasteiger partial charge on any atom is 0.165 e. The van der Waals surface area contributed by atoms with Crippen molar-refractivity contribution in [1.82, 2.24) is 4.57 Å². The first-order valence-corrected chi connectivity index (χ1v) is 6.36. The summed E-state index contributed by atoms with van der Waals surface area (Å²) in [6.07, 6.45) is 3.76. The number of benzene rings is 1. The predicted molar refractivity (Wildman–Crippen MR) is 69.6 cm³/mol. The average molecular weight is 227 g/mol. The van der Waals surface area contributed by atoms with Crippen molar-refractivity contribution in [3.63, 3.8) is 0 Å². The Morgan fingerprint density at radius 2 is 2.12 bits per heavy atom. The van der Waals surface area contributed by atoms with Gasteiger partial charge in [-0.3, -0.25) is 4.79 Å². The van der Waals surface area contributed by atoms with Crippen LogP contribution < -0.4 is 0 Å². The number of Topliss-reactive ketones (excluding diaryl/α,β-unsaturated/α-hetero) is 1. The highest BCUT2D eigenvalue weighted by atomic mass is 16.1. The van der Waals surface area contributed by atoms with Crippen LogP contribution in [0.4, 0.5) is 0 Å². The monoisotopic (exact) mass is 227 g/mol. The molecule has 0 radical (unpaired) electrons. The number of carbonyl (C=O) groups excluding carboxylic acids is 1. The second kappa shape index (κ2) is 3.73. The Labute approximate surface area is 101 Å². The van der Waals surface area contributed by atoms with E-state index < -0.39 is 0 Å². The zero-order valence-electron chi connectivity index (χ0n) is 10.4. The molecule has 1 heterocycles. The molecule has 0 amide bonds. The van der Waals surface area contributed by atoms with E-state index in [2.05, 4.69) is 36.7 Å². The summed E-state index contributed by atoms with van der Waals surface area (Å²) >= 11 is 0. The van der Waals surface area contributed by atoms with Gasteiger partial charge in [-0.25, -0.2) is 0 Å². The minimum atomic E-state index is 0.324. The van der Waals surface area contributed by atoms with Gasteiger partial charge in [0.25, 0.3) is 0 Å². The van der Waals surface area contributed by atoms with E-state index >= 15 is 0 Å². The Bertz CT molecular complexity index is 607. The van der Waals surface area contributed by atoms with Crippen LogP contribution in [-0.2, 0) is 19.9 Å². The van der Waals surface area contributed by atoms with Crippen molar-refractivity contribution in [1.29, 1.82) is 0 Å². The summed E-state index contributed by atoms with van der Waals surface area (Å²) in [5.74, 6) is 0.324. The first kappa shape index (κ1) is 10.6. The van der Waals surface area contributed by atoms with Crippen LogP contribution >= 0.6 is 0 Å². The van der Waals surface area contributed by atoms with Gasteiger partial charge in [0.1, 0.15) is 0 Å². The third-order valence-corrected chi connectivity index (χ3v) is 3.89. The molecular weight excluding hydrogens is 210 g/mol. The molecule has 0 bridgehead atoms. The lowest BCUT2D eigenvalue weighted by Crippen LogP contribution is -2.11. The van der Waals surface area contributed by atoms with Crippen molar-refractivity contribution < 1.29 is 4.79 Å². The molecule has 2 nitrogen and oxygen atoms in total. The number of ketones is 1. The minimum absolute atomic E-state index is 0.324. The fourth-order valence-corrected chi connectivity index (χ4v) is 3.08. The molecule has 1 aromatic heterocycles.